The normalized spacial score (nSPS) is 27.8. The summed E-state index contributed by atoms with van der Waals surface area (Å²) in [5, 5.41) is 0. The zero-order chi connectivity index (χ0) is 10.0. The Morgan fingerprint density at radius 2 is 1.79 bits per heavy atom. The van der Waals surface area contributed by atoms with E-state index in [-0.39, 0.29) is 5.41 Å². The Labute approximate surface area is 86.0 Å². The molecule has 2 heteroatoms. The van der Waals surface area contributed by atoms with Crippen LogP contribution in [0.2, 0.25) is 0 Å². The van der Waals surface area contributed by atoms with Crippen LogP contribution in [0.3, 0.4) is 0 Å². The van der Waals surface area contributed by atoms with E-state index in [0.29, 0.717) is 11.7 Å². The van der Waals surface area contributed by atoms with Gasteiger partial charge in [-0.15, -0.1) is 0 Å². The molecule has 0 radical (unpaired) electrons. The average Bonchev–Trinajstić information content (AvgIpc) is 2.67. The molecule has 2 nitrogen and oxygen atoms in total. The Hall–Kier alpha value is -0.370. The fraction of sp³-hybridized carbons (Fsp3) is 0.917. The molecule has 0 N–H and O–H groups in total. The van der Waals surface area contributed by atoms with Crippen molar-refractivity contribution in [1.29, 1.82) is 0 Å². The third-order valence-electron chi connectivity index (χ3n) is 3.89. The van der Waals surface area contributed by atoms with Crippen LogP contribution >= 0.6 is 0 Å². The number of Topliss-reactive ketones (excluding diaryl/α,β-unsaturated/α-hetero) is 1. The van der Waals surface area contributed by atoms with Crippen molar-refractivity contribution in [3.8, 4) is 0 Å². The molecule has 0 aromatic rings. The Morgan fingerprint density at radius 1 is 1.21 bits per heavy atom. The van der Waals surface area contributed by atoms with Crippen LogP contribution in [0.1, 0.15) is 45.4 Å². The number of rotatable bonds is 2. The van der Waals surface area contributed by atoms with Gasteiger partial charge in [0.25, 0.3) is 0 Å². The van der Waals surface area contributed by atoms with E-state index >= 15 is 0 Å². The van der Waals surface area contributed by atoms with Crippen LogP contribution in [0.5, 0.6) is 0 Å². The second-order valence-electron chi connectivity index (χ2n) is 5.02. The first-order valence-electron chi connectivity index (χ1n) is 5.84. The summed E-state index contributed by atoms with van der Waals surface area (Å²) in [6, 6.07) is 0. The molecular weight excluding hydrogens is 176 g/mol. The van der Waals surface area contributed by atoms with Crippen molar-refractivity contribution in [3.63, 3.8) is 0 Å². The van der Waals surface area contributed by atoms with Gasteiger partial charge in [0, 0.05) is 24.5 Å². The SMILES string of the molecule is CC1(C(=O)C2CCOCC2)CCCC1. The van der Waals surface area contributed by atoms with Crippen LogP contribution in [-0.2, 0) is 9.53 Å². The Bertz CT molecular complexity index is 210. The fourth-order valence-electron chi connectivity index (χ4n) is 2.85. The minimum absolute atomic E-state index is 0.0159. The smallest absolute Gasteiger partial charge is 0.141 e. The van der Waals surface area contributed by atoms with Crippen LogP contribution in [0.4, 0.5) is 0 Å². The molecule has 1 heterocycles. The first kappa shape index (κ1) is 10.2. The lowest BCUT2D eigenvalue weighted by atomic mass is 9.76. The maximum atomic E-state index is 12.3. The van der Waals surface area contributed by atoms with Gasteiger partial charge in [-0.25, -0.2) is 0 Å². The van der Waals surface area contributed by atoms with Gasteiger partial charge >= 0.3 is 0 Å². The summed E-state index contributed by atoms with van der Waals surface area (Å²) in [6.07, 6.45) is 6.62. The highest BCUT2D eigenvalue weighted by Gasteiger charge is 2.39. The fourth-order valence-corrected chi connectivity index (χ4v) is 2.85. The highest BCUT2D eigenvalue weighted by atomic mass is 16.5. The van der Waals surface area contributed by atoms with Crippen molar-refractivity contribution < 1.29 is 9.53 Å². The predicted molar refractivity (Wildman–Crippen MR) is 55.1 cm³/mol. The van der Waals surface area contributed by atoms with Crippen molar-refractivity contribution in [2.75, 3.05) is 13.2 Å². The van der Waals surface area contributed by atoms with E-state index in [1.807, 2.05) is 0 Å². The maximum Gasteiger partial charge on any atom is 0.141 e. The summed E-state index contributed by atoms with van der Waals surface area (Å²) < 4.78 is 5.29. The molecule has 0 amide bonds. The van der Waals surface area contributed by atoms with E-state index in [9.17, 15) is 4.79 Å². The molecule has 0 atom stereocenters. The molecule has 2 fully saturated rings. The molecule has 0 spiro atoms. The number of hydrogen-bond acceptors (Lipinski definition) is 2. The predicted octanol–water partition coefficient (Wildman–Crippen LogP) is 2.56. The molecule has 1 saturated heterocycles. The quantitative estimate of drug-likeness (QED) is 0.678. The maximum absolute atomic E-state index is 12.3. The molecule has 14 heavy (non-hydrogen) atoms. The average molecular weight is 196 g/mol. The van der Waals surface area contributed by atoms with Gasteiger partial charge in [0.05, 0.1) is 0 Å². The number of ether oxygens (including phenoxy) is 1. The van der Waals surface area contributed by atoms with Gasteiger partial charge in [0.1, 0.15) is 5.78 Å². The lowest BCUT2D eigenvalue weighted by Crippen LogP contribution is -2.34. The van der Waals surface area contributed by atoms with Crippen LogP contribution in [0, 0.1) is 11.3 Å². The summed E-state index contributed by atoms with van der Waals surface area (Å²) in [6.45, 7) is 3.73. The van der Waals surface area contributed by atoms with E-state index in [1.165, 1.54) is 12.8 Å². The van der Waals surface area contributed by atoms with Crippen molar-refractivity contribution in [2.45, 2.75) is 45.4 Å². The van der Waals surface area contributed by atoms with Crippen LogP contribution in [0.15, 0.2) is 0 Å². The van der Waals surface area contributed by atoms with E-state index in [0.717, 1.165) is 38.9 Å². The Balaban J connectivity index is 1.98. The standard InChI is InChI=1S/C12H20O2/c1-12(6-2-3-7-12)11(13)10-4-8-14-9-5-10/h10H,2-9H2,1H3. The largest absolute Gasteiger partial charge is 0.381 e. The van der Waals surface area contributed by atoms with Crippen molar-refractivity contribution >= 4 is 5.78 Å². The lowest BCUT2D eigenvalue weighted by molar-refractivity contribution is -0.134. The number of hydrogen-bond donors (Lipinski definition) is 0. The highest BCUT2D eigenvalue weighted by Crippen LogP contribution is 2.41. The van der Waals surface area contributed by atoms with Gasteiger partial charge in [0.15, 0.2) is 0 Å². The van der Waals surface area contributed by atoms with Gasteiger partial charge in [-0.1, -0.05) is 19.8 Å². The molecule has 1 aliphatic carbocycles. The molecule has 0 unspecified atom stereocenters. The van der Waals surface area contributed by atoms with Gasteiger partial charge in [-0.3, -0.25) is 4.79 Å². The first-order valence-corrected chi connectivity index (χ1v) is 5.84. The molecule has 2 aliphatic rings. The van der Waals surface area contributed by atoms with E-state index < -0.39 is 0 Å². The summed E-state index contributed by atoms with van der Waals surface area (Å²) >= 11 is 0. The molecule has 80 valence electrons. The molecule has 0 aromatic carbocycles. The molecular formula is C12H20O2. The first-order chi connectivity index (χ1) is 6.72. The summed E-state index contributed by atoms with van der Waals surface area (Å²) in [5.74, 6) is 0.824. The van der Waals surface area contributed by atoms with Gasteiger partial charge < -0.3 is 4.74 Å². The zero-order valence-electron chi connectivity index (χ0n) is 9.05. The Morgan fingerprint density at radius 3 is 2.36 bits per heavy atom. The molecule has 1 saturated carbocycles. The van der Waals surface area contributed by atoms with Crippen molar-refractivity contribution in [1.82, 2.24) is 0 Å². The minimum atomic E-state index is 0.0159. The lowest BCUT2D eigenvalue weighted by Gasteiger charge is -2.29. The summed E-state index contributed by atoms with van der Waals surface area (Å²) in [5.41, 5.74) is 0.0159. The molecule has 0 bridgehead atoms. The van der Waals surface area contributed by atoms with Gasteiger partial charge in [-0.05, 0) is 25.7 Å². The molecule has 1 aliphatic heterocycles. The van der Waals surface area contributed by atoms with Gasteiger partial charge in [0.2, 0.25) is 0 Å². The van der Waals surface area contributed by atoms with Crippen molar-refractivity contribution in [3.05, 3.63) is 0 Å². The topological polar surface area (TPSA) is 26.3 Å². The number of carbonyl (C=O) groups excluding carboxylic acids is 1. The minimum Gasteiger partial charge on any atom is -0.381 e. The molecule has 0 aromatic heterocycles. The summed E-state index contributed by atoms with van der Waals surface area (Å²) in [7, 11) is 0. The highest BCUT2D eigenvalue weighted by molar-refractivity contribution is 5.87. The van der Waals surface area contributed by atoms with E-state index in [4.69, 9.17) is 4.74 Å². The van der Waals surface area contributed by atoms with E-state index in [1.54, 1.807) is 0 Å². The third-order valence-corrected chi connectivity index (χ3v) is 3.89. The summed E-state index contributed by atoms with van der Waals surface area (Å²) in [4.78, 5) is 12.3. The number of carbonyl (C=O) groups is 1. The molecule has 2 rings (SSSR count). The van der Waals surface area contributed by atoms with E-state index in [2.05, 4.69) is 6.92 Å². The van der Waals surface area contributed by atoms with Gasteiger partial charge in [-0.2, -0.15) is 0 Å². The van der Waals surface area contributed by atoms with Crippen LogP contribution in [-0.4, -0.2) is 19.0 Å². The third kappa shape index (κ3) is 1.85. The second kappa shape index (κ2) is 4.01. The Kier molecular flexibility index (Phi) is 2.91. The zero-order valence-corrected chi connectivity index (χ0v) is 9.05. The van der Waals surface area contributed by atoms with Crippen molar-refractivity contribution in [2.24, 2.45) is 11.3 Å². The number of ketones is 1. The van der Waals surface area contributed by atoms with Crippen LogP contribution < -0.4 is 0 Å². The second-order valence-corrected chi connectivity index (χ2v) is 5.02. The monoisotopic (exact) mass is 196 g/mol. The van der Waals surface area contributed by atoms with Crippen LogP contribution in [0.25, 0.3) is 0 Å².